The first-order chi connectivity index (χ1) is 28.0. The van der Waals surface area contributed by atoms with Crippen LogP contribution in [0.25, 0.3) is 11.0 Å². The van der Waals surface area contributed by atoms with E-state index in [1.165, 1.54) is 0 Å². The van der Waals surface area contributed by atoms with Gasteiger partial charge in [0.15, 0.2) is 5.82 Å². The van der Waals surface area contributed by atoms with Gasteiger partial charge >= 0.3 is 0 Å². The van der Waals surface area contributed by atoms with Crippen LogP contribution in [-0.2, 0) is 51.1 Å². The Morgan fingerprint density at radius 3 is 2.02 bits per heavy atom. The van der Waals surface area contributed by atoms with Crippen molar-refractivity contribution in [1.82, 2.24) is 15.0 Å². The molecule has 0 bridgehead atoms. The van der Waals surface area contributed by atoms with E-state index in [1.807, 2.05) is 103 Å². The number of rotatable bonds is 16. The fraction of sp³-hybridized carbons (Fsp3) is 0.326. The molecule has 0 spiro atoms. The first kappa shape index (κ1) is 38.9. The monoisotopic (exact) mass is 786 g/mol. The number of methoxy groups -OCH3 is 1. The molecule has 294 valence electrons. The molecule has 0 amide bonds. The van der Waals surface area contributed by atoms with Crippen LogP contribution in [0, 0.1) is 0 Å². The summed E-state index contributed by atoms with van der Waals surface area (Å²) < 4.78 is 31.6. The lowest BCUT2D eigenvalue weighted by Gasteiger charge is -2.32. The van der Waals surface area contributed by atoms with Gasteiger partial charge in [-0.25, -0.2) is 4.98 Å². The second-order valence-electron chi connectivity index (χ2n) is 14.7. The Labute approximate surface area is 338 Å². The zero-order chi connectivity index (χ0) is 39.0. The molecule has 1 saturated carbocycles. The van der Waals surface area contributed by atoms with Gasteiger partial charge in [0.25, 0.3) is 0 Å². The molecule has 1 saturated heterocycles. The lowest BCUT2D eigenvalue weighted by atomic mass is 9.98. The van der Waals surface area contributed by atoms with E-state index in [0.29, 0.717) is 35.6 Å². The van der Waals surface area contributed by atoms with Crippen LogP contribution in [0.15, 0.2) is 128 Å². The molecule has 4 atom stereocenters. The predicted octanol–water partition coefficient (Wildman–Crippen LogP) is 8.57. The number of nitrogens with zero attached hydrogens (tertiary/aromatic N) is 4. The molecule has 1 aliphatic heterocycles. The molecule has 2 aliphatic rings. The quantitative estimate of drug-likeness (QED) is 0.0959. The Bertz CT molecular complexity index is 2190. The Morgan fingerprint density at radius 1 is 0.772 bits per heavy atom. The average molecular weight is 787 g/mol. The number of ether oxygens (including phenoxy) is 5. The first-order valence-electron chi connectivity index (χ1n) is 19.5. The van der Waals surface area contributed by atoms with Crippen molar-refractivity contribution < 1.29 is 28.8 Å². The van der Waals surface area contributed by atoms with E-state index in [-0.39, 0.29) is 31.1 Å². The van der Waals surface area contributed by atoms with Gasteiger partial charge in [-0.05, 0) is 64.9 Å². The lowest BCUT2D eigenvalue weighted by Crippen LogP contribution is -2.44. The molecule has 0 radical (unpaired) electrons. The number of benzene rings is 4. The molecule has 8 rings (SSSR count). The van der Waals surface area contributed by atoms with Crippen LogP contribution in [0.2, 0.25) is 5.28 Å². The topological polar surface area (TPSA) is 108 Å². The van der Waals surface area contributed by atoms with Gasteiger partial charge < -0.3 is 33.7 Å². The van der Waals surface area contributed by atoms with E-state index < -0.39 is 24.1 Å². The van der Waals surface area contributed by atoms with E-state index >= 15 is 0 Å². The molecule has 11 heteroatoms. The van der Waals surface area contributed by atoms with Crippen molar-refractivity contribution in [2.75, 3.05) is 18.6 Å². The lowest BCUT2D eigenvalue weighted by molar-refractivity contribution is -0.253. The van der Waals surface area contributed by atoms with Crippen molar-refractivity contribution in [3.05, 3.63) is 161 Å². The van der Waals surface area contributed by atoms with Crippen LogP contribution in [0.1, 0.15) is 53.5 Å². The van der Waals surface area contributed by atoms with Crippen LogP contribution in [0.5, 0.6) is 5.75 Å². The number of aliphatic hydroxyl groups is 1. The number of fused-ring (bicyclic) bond motifs is 1. The maximum atomic E-state index is 12.9. The normalized spacial score (nSPS) is 20.9. The predicted molar refractivity (Wildman–Crippen MR) is 219 cm³/mol. The Morgan fingerprint density at radius 2 is 1.39 bits per heavy atom. The van der Waals surface area contributed by atoms with Gasteiger partial charge in [0, 0.05) is 24.3 Å². The third-order valence-electron chi connectivity index (χ3n) is 10.8. The summed E-state index contributed by atoms with van der Waals surface area (Å²) in [7, 11) is 1.66. The van der Waals surface area contributed by atoms with Crippen LogP contribution >= 0.6 is 11.6 Å². The fourth-order valence-corrected chi connectivity index (χ4v) is 8.00. The minimum Gasteiger partial charge on any atom is -0.497 e. The van der Waals surface area contributed by atoms with E-state index in [0.717, 1.165) is 53.7 Å². The fourth-order valence-electron chi connectivity index (χ4n) is 7.83. The second-order valence-corrected chi connectivity index (χ2v) is 15.0. The molecule has 3 heterocycles. The SMILES string of the molecule is COc1ccc(CN(c2nc(Cl)nc3cc(C4(O)O[C@H](COCc5ccccc5)[C@@H](OCc5ccccc5)[C@H]4OCc4ccccc4)cnc23)C2CCCC2)cc1. The van der Waals surface area contributed by atoms with Crippen molar-refractivity contribution in [1.29, 1.82) is 0 Å². The Hall–Kier alpha value is -4.94. The highest BCUT2D eigenvalue weighted by Gasteiger charge is 2.57. The molecule has 57 heavy (non-hydrogen) atoms. The number of hydrogen-bond acceptors (Lipinski definition) is 10. The van der Waals surface area contributed by atoms with Crippen molar-refractivity contribution in [2.45, 2.75) is 82.2 Å². The standard InChI is InChI=1S/C46H47ClN4O6/c1-53-38-23-21-32(22-24-38)27-51(37-19-11-12-20-37)44-41-39(49-45(47)50-44)25-36(26-48-41)46(52)43(56-30-35-17-9-4-10-18-35)42(55-29-34-15-7-3-8-16-34)40(57-46)31-54-28-33-13-5-2-6-14-33/h2-10,13-18,21-26,37,40,42-43,52H,11-12,19-20,27-31H2,1H3/t40-,42-,43-,46?/m1/s1. The van der Waals surface area contributed by atoms with Crippen LogP contribution < -0.4 is 9.64 Å². The highest BCUT2D eigenvalue weighted by atomic mass is 35.5. The Balaban J connectivity index is 1.15. The summed E-state index contributed by atoms with van der Waals surface area (Å²) in [5.41, 5.74) is 5.46. The van der Waals surface area contributed by atoms with E-state index in [2.05, 4.69) is 22.0 Å². The van der Waals surface area contributed by atoms with Gasteiger partial charge in [-0.3, -0.25) is 4.98 Å². The van der Waals surface area contributed by atoms with Crippen LogP contribution in [-0.4, -0.2) is 58.1 Å². The maximum absolute atomic E-state index is 12.9. The minimum atomic E-state index is -2.00. The molecule has 6 aromatic rings. The smallest absolute Gasteiger partial charge is 0.225 e. The van der Waals surface area contributed by atoms with Crippen molar-refractivity contribution in [2.24, 2.45) is 0 Å². The van der Waals surface area contributed by atoms with Crippen molar-refractivity contribution in [3.63, 3.8) is 0 Å². The maximum Gasteiger partial charge on any atom is 0.225 e. The zero-order valence-electron chi connectivity index (χ0n) is 32.0. The van der Waals surface area contributed by atoms with E-state index in [9.17, 15) is 5.11 Å². The summed E-state index contributed by atoms with van der Waals surface area (Å²) in [5.74, 6) is -0.553. The van der Waals surface area contributed by atoms with Crippen LogP contribution in [0.3, 0.4) is 0 Å². The van der Waals surface area contributed by atoms with Gasteiger partial charge in [0.1, 0.15) is 29.6 Å². The van der Waals surface area contributed by atoms with Gasteiger partial charge in [-0.15, -0.1) is 0 Å². The number of aromatic nitrogens is 3. The van der Waals surface area contributed by atoms with Gasteiger partial charge in [0.05, 0.1) is 39.1 Å². The van der Waals surface area contributed by atoms with Crippen molar-refractivity contribution >= 4 is 28.5 Å². The van der Waals surface area contributed by atoms with Crippen LogP contribution in [0.4, 0.5) is 5.82 Å². The molecule has 1 aliphatic carbocycles. The minimum absolute atomic E-state index is 0.0849. The highest BCUT2D eigenvalue weighted by molar-refractivity contribution is 6.28. The summed E-state index contributed by atoms with van der Waals surface area (Å²) >= 11 is 6.72. The first-order valence-corrected chi connectivity index (χ1v) is 19.9. The summed E-state index contributed by atoms with van der Waals surface area (Å²) in [4.78, 5) is 16.7. The number of anilines is 1. The molecule has 2 aromatic heterocycles. The van der Waals surface area contributed by atoms with E-state index in [4.69, 9.17) is 45.3 Å². The molecular weight excluding hydrogens is 740 g/mol. The number of pyridine rings is 1. The average Bonchev–Trinajstić information content (AvgIpc) is 3.88. The summed E-state index contributed by atoms with van der Waals surface area (Å²) in [6.07, 6.45) is 3.56. The molecule has 4 aromatic carbocycles. The largest absolute Gasteiger partial charge is 0.497 e. The summed E-state index contributed by atoms with van der Waals surface area (Å²) in [6.45, 7) is 1.60. The van der Waals surface area contributed by atoms with Crippen molar-refractivity contribution in [3.8, 4) is 5.75 Å². The van der Waals surface area contributed by atoms with E-state index in [1.54, 1.807) is 19.4 Å². The molecule has 10 nitrogen and oxygen atoms in total. The van der Waals surface area contributed by atoms with Gasteiger partial charge in [0.2, 0.25) is 11.1 Å². The van der Waals surface area contributed by atoms with Gasteiger partial charge in [-0.1, -0.05) is 116 Å². The molecule has 2 fully saturated rings. The van der Waals surface area contributed by atoms with Gasteiger partial charge in [-0.2, -0.15) is 4.98 Å². The second kappa shape index (κ2) is 18.1. The molecule has 1 N–H and O–H groups in total. The number of hydrogen-bond donors (Lipinski definition) is 1. The number of halogens is 1. The Kier molecular flexibility index (Phi) is 12.4. The molecular formula is C46H47ClN4O6. The highest BCUT2D eigenvalue weighted by Crippen LogP contribution is 2.43. The molecule has 1 unspecified atom stereocenters. The third kappa shape index (κ3) is 9.12. The summed E-state index contributed by atoms with van der Waals surface area (Å²) in [5, 5.41) is 12.9. The third-order valence-corrected chi connectivity index (χ3v) is 11.0. The zero-order valence-corrected chi connectivity index (χ0v) is 32.7. The summed E-state index contributed by atoms with van der Waals surface area (Å²) in [6, 6.07) is 39.8.